The monoisotopic (exact) mass is 419 g/mol. The lowest BCUT2D eigenvalue weighted by molar-refractivity contribution is -0.115. The molecule has 3 rings (SSSR count). The number of aromatic nitrogens is 3. The number of hydrogen-bond donors (Lipinski definition) is 2. The summed E-state index contributed by atoms with van der Waals surface area (Å²) < 4.78 is 15.6. The SMILES string of the molecule is Cc1nc(NC(=O)c2c(C)nn(-c3ccc(F)cc3)c2C)sc1SCC(N)=O. The second kappa shape index (κ2) is 8.11. The van der Waals surface area contributed by atoms with Crippen LogP contribution in [0.5, 0.6) is 0 Å². The summed E-state index contributed by atoms with van der Waals surface area (Å²) in [5.41, 5.74) is 8.18. The van der Waals surface area contributed by atoms with Crippen molar-refractivity contribution in [2.45, 2.75) is 25.0 Å². The first-order valence-corrected chi connectivity index (χ1v) is 10.1. The number of nitrogens with zero attached hydrogens (tertiary/aromatic N) is 3. The van der Waals surface area contributed by atoms with Crippen LogP contribution in [0.3, 0.4) is 0 Å². The lowest BCUT2D eigenvalue weighted by Crippen LogP contribution is -2.14. The highest BCUT2D eigenvalue weighted by atomic mass is 32.2. The highest BCUT2D eigenvalue weighted by molar-refractivity contribution is 8.01. The van der Waals surface area contributed by atoms with Crippen molar-refractivity contribution in [3.8, 4) is 5.69 Å². The number of carbonyl (C=O) groups excluding carboxylic acids is 2. The van der Waals surface area contributed by atoms with Gasteiger partial charge in [-0.3, -0.25) is 14.9 Å². The number of thioether (sulfide) groups is 1. The van der Waals surface area contributed by atoms with Crippen molar-refractivity contribution in [1.82, 2.24) is 14.8 Å². The summed E-state index contributed by atoms with van der Waals surface area (Å²) >= 11 is 2.58. The van der Waals surface area contributed by atoms with Gasteiger partial charge in [0.25, 0.3) is 5.91 Å². The van der Waals surface area contributed by atoms with Gasteiger partial charge in [-0.15, -0.1) is 11.8 Å². The van der Waals surface area contributed by atoms with E-state index in [1.165, 1.54) is 35.2 Å². The number of halogens is 1. The number of thiazole rings is 1. The van der Waals surface area contributed by atoms with E-state index in [0.29, 0.717) is 27.8 Å². The van der Waals surface area contributed by atoms with E-state index in [4.69, 9.17) is 5.73 Å². The third-order valence-electron chi connectivity index (χ3n) is 3.91. The number of aryl methyl sites for hydroxylation is 2. The van der Waals surface area contributed by atoms with Gasteiger partial charge >= 0.3 is 0 Å². The van der Waals surface area contributed by atoms with Crippen LogP contribution < -0.4 is 11.1 Å². The fraction of sp³-hybridized carbons (Fsp3) is 0.222. The van der Waals surface area contributed by atoms with Gasteiger partial charge in [-0.05, 0) is 45.0 Å². The highest BCUT2D eigenvalue weighted by Gasteiger charge is 2.21. The van der Waals surface area contributed by atoms with E-state index in [2.05, 4.69) is 15.4 Å². The molecule has 10 heteroatoms. The Labute approximate surface area is 169 Å². The van der Waals surface area contributed by atoms with Crippen LogP contribution in [-0.4, -0.2) is 32.3 Å². The Morgan fingerprint density at radius 2 is 1.89 bits per heavy atom. The summed E-state index contributed by atoms with van der Waals surface area (Å²) in [4.78, 5) is 28.1. The molecule has 7 nitrogen and oxygen atoms in total. The predicted molar refractivity (Wildman–Crippen MR) is 108 cm³/mol. The van der Waals surface area contributed by atoms with E-state index in [0.717, 1.165) is 9.90 Å². The number of hydrogen-bond acceptors (Lipinski definition) is 6. The smallest absolute Gasteiger partial charge is 0.261 e. The van der Waals surface area contributed by atoms with Crippen molar-refractivity contribution < 1.29 is 14.0 Å². The molecule has 2 amide bonds. The molecule has 28 heavy (non-hydrogen) atoms. The number of rotatable bonds is 6. The molecule has 0 aliphatic carbocycles. The van der Waals surface area contributed by atoms with Gasteiger partial charge in [0, 0.05) is 0 Å². The Hall–Kier alpha value is -2.72. The minimum Gasteiger partial charge on any atom is -0.369 e. The molecule has 0 aliphatic rings. The second-order valence-electron chi connectivity index (χ2n) is 6.04. The lowest BCUT2D eigenvalue weighted by atomic mass is 10.2. The van der Waals surface area contributed by atoms with Crippen LogP contribution in [0.4, 0.5) is 9.52 Å². The third kappa shape index (κ3) is 4.23. The fourth-order valence-corrected chi connectivity index (χ4v) is 4.54. The summed E-state index contributed by atoms with van der Waals surface area (Å²) in [5, 5.41) is 7.63. The summed E-state index contributed by atoms with van der Waals surface area (Å²) in [6.07, 6.45) is 0. The molecule has 0 radical (unpaired) electrons. The van der Waals surface area contributed by atoms with E-state index in [-0.39, 0.29) is 17.5 Å². The number of anilines is 1. The molecule has 0 aliphatic heterocycles. The fourth-order valence-electron chi connectivity index (χ4n) is 2.67. The molecule has 2 heterocycles. The van der Waals surface area contributed by atoms with Crippen LogP contribution in [0, 0.1) is 26.6 Å². The molecule has 0 bridgehead atoms. The number of nitrogens with two attached hydrogens (primary N) is 1. The van der Waals surface area contributed by atoms with Crippen LogP contribution in [0.1, 0.15) is 27.4 Å². The molecule has 0 atom stereocenters. The standard InChI is InChI=1S/C18H18FN5O2S2/c1-9-15(11(3)24(23-9)13-6-4-12(19)5-7-13)16(26)22-18-21-10(2)17(28-18)27-8-14(20)25/h4-7H,8H2,1-3H3,(H2,20,25)(H,21,22,26). The van der Waals surface area contributed by atoms with Crippen molar-refractivity contribution in [2.75, 3.05) is 11.1 Å². The largest absolute Gasteiger partial charge is 0.369 e. The molecular weight excluding hydrogens is 401 g/mol. The molecule has 0 fully saturated rings. The van der Waals surface area contributed by atoms with Crippen molar-refractivity contribution in [3.05, 3.63) is 52.7 Å². The second-order valence-corrected chi connectivity index (χ2v) is 8.28. The van der Waals surface area contributed by atoms with E-state index in [9.17, 15) is 14.0 Å². The van der Waals surface area contributed by atoms with Crippen molar-refractivity contribution in [1.29, 1.82) is 0 Å². The van der Waals surface area contributed by atoms with Gasteiger partial charge in [0.1, 0.15) is 5.82 Å². The molecule has 3 aromatic rings. The lowest BCUT2D eigenvalue weighted by Gasteiger charge is -2.05. The van der Waals surface area contributed by atoms with Gasteiger partial charge in [0.05, 0.1) is 38.3 Å². The first kappa shape index (κ1) is 20.0. The van der Waals surface area contributed by atoms with Crippen LogP contribution in [0.25, 0.3) is 5.69 Å². The molecule has 1 aromatic carbocycles. The molecule has 2 aromatic heterocycles. The first-order chi connectivity index (χ1) is 13.3. The zero-order chi connectivity index (χ0) is 20.4. The van der Waals surface area contributed by atoms with Gasteiger partial charge < -0.3 is 5.73 Å². The zero-order valence-corrected chi connectivity index (χ0v) is 17.1. The van der Waals surface area contributed by atoms with Gasteiger partial charge in [0.15, 0.2) is 5.13 Å². The van der Waals surface area contributed by atoms with Crippen molar-refractivity contribution >= 4 is 40.0 Å². The minimum absolute atomic E-state index is 0.152. The van der Waals surface area contributed by atoms with E-state index < -0.39 is 5.91 Å². The Morgan fingerprint density at radius 3 is 2.54 bits per heavy atom. The molecule has 0 saturated carbocycles. The molecule has 0 spiro atoms. The van der Waals surface area contributed by atoms with Gasteiger partial charge in [-0.2, -0.15) is 5.10 Å². The Morgan fingerprint density at radius 1 is 1.21 bits per heavy atom. The summed E-state index contributed by atoms with van der Waals surface area (Å²) in [6, 6.07) is 5.88. The van der Waals surface area contributed by atoms with Crippen LogP contribution in [-0.2, 0) is 4.79 Å². The van der Waals surface area contributed by atoms with Crippen LogP contribution in [0.2, 0.25) is 0 Å². The van der Waals surface area contributed by atoms with E-state index in [1.54, 1.807) is 37.6 Å². The Kier molecular flexibility index (Phi) is 5.80. The number of primary amides is 1. The molecule has 146 valence electrons. The Bertz CT molecular complexity index is 1040. The molecular formula is C18H18FN5O2S2. The number of nitrogens with one attached hydrogen (secondary N) is 1. The highest BCUT2D eigenvalue weighted by Crippen LogP contribution is 2.32. The topological polar surface area (TPSA) is 103 Å². The quantitative estimate of drug-likeness (QED) is 0.597. The maximum absolute atomic E-state index is 13.2. The molecule has 3 N–H and O–H groups in total. The average Bonchev–Trinajstić information content (AvgIpc) is 3.12. The first-order valence-electron chi connectivity index (χ1n) is 8.28. The van der Waals surface area contributed by atoms with Gasteiger partial charge in [-0.25, -0.2) is 14.1 Å². The van der Waals surface area contributed by atoms with Crippen LogP contribution >= 0.6 is 23.1 Å². The molecule has 0 saturated heterocycles. The number of carbonyl (C=O) groups is 2. The maximum Gasteiger partial charge on any atom is 0.261 e. The van der Waals surface area contributed by atoms with Gasteiger partial charge in [0.2, 0.25) is 5.91 Å². The average molecular weight is 420 g/mol. The van der Waals surface area contributed by atoms with Crippen molar-refractivity contribution in [2.24, 2.45) is 5.73 Å². The molecule has 0 unspecified atom stereocenters. The van der Waals surface area contributed by atoms with E-state index >= 15 is 0 Å². The van der Waals surface area contributed by atoms with Crippen LogP contribution in [0.15, 0.2) is 28.5 Å². The number of benzene rings is 1. The number of amides is 2. The third-order valence-corrected chi connectivity index (χ3v) is 6.37. The minimum atomic E-state index is -0.414. The normalized spacial score (nSPS) is 10.9. The maximum atomic E-state index is 13.2. The predicted octanol–water partition coefficient (Wildman–Crippen LogP) is 3.22. The van der Waals surface area contributed by atoms with Crippen molar-refractivity contribution in [3.63, 3.8) is 0 Å². The summed E-state index contributed by atoms with van der Waals surface area (Å²) in [7, 11) is 0. The summed E-state index contributed by atoms with van der Waals surface area (Å²) in [6.45, 7) is 5.32. The summed E-state index contributed by atoms with van der Waals surface area (Å²) in [5.74, 6) is -0.933. The van der Waals surface area contributed by atoms with Gasteiger partial charge in [-0.1, -0.05) is 11.3 Å². The zero-order valence-electron chi connectivity index (χ0n) is 15.4. The van der Waals surface area contributed by atoms with E-state index in [1.807, 2.05) is 0 Å². The Balaban J connectivity index is 1.83.